The minimum Gasteiger partial charge on any atom is -0.497 e. The Kier molecular flexibility index (Phi) is 25.7. The van der Waals surface area contributed by atoms with Crippen molar-refractivity contribution in [1.82, 2.24) is 20.6 Å². The van der Waals surface area contributed by atoms with E-state index < -0.39 is 0 Å². The third-order valence-corrected chi connectivity index (χ3v) is 11.6. The molecule has 2 aromatic carbocycles. The molecule has 2 amide bonds. The zero-order valence-electron chi connectivity index (χ0n) is 41.1. The number of carbonyl (C=O) groups excluding carboxylic acids is 2. The van der Waals surface area contributed by atoms with Gasteiger partial charge in [0.25, 0.3) is 0 Å². The van der Waals surface area contributed by atoms with Gasteiger partial charge in [0.1, 0.15) is 11.5 Å². The predicted molar refractivity (Wildman–Crippen MR) is 272 cm³/mol. The highest BCUT2D eigenvalue weighted by Crippen LogP contribution is 2.29. The fraction of sp³-hybridized carbons (Fsp3) is 0.439. The minimum atomic E-state index is -0.0437. The van der Waals surface area contributed by atoms with Crippen LogP contribution >= 0.6 is 0 Å². The molecule has 0 aliphatic heterocycles. The van der Waals surface area contributed by atoms with Crippen molar-refractivity contribution >= 4 is 23.0 Å². The number of methoxy groups -OCH3 is 2. The molecule has 0 radical (unpaired) electrons. The zero-order valence-corrected chi connectivity index (χ0v) is 41.1. The number of hydrogen-bond acceptors (Lipinski definition) is 6. The highest BCUT2D eigenvalue weighted by atomic mass is 16.5. The van der Waals surface area contributed by atoms with Crippen LogP contribution in [0.5, 0.6) is 11.5 Å². The smallest absolute Gasteiger partial charge is 0.247 e. The lowest BCUT2D eigenvalue weighted by molar-refractivity contribution is -0.118. The zero-order chi connectivity index (χ0) is 47.2. The number of benzene rings is 2. The van der Waals surface area contributed by atoms with Gasteiger partial charge in [-0.05, 0) is 180 Å². The number of amides is 2. The summed E-state index contributed by atoms with van der Waals surface area (Å²) < 4.78 is 10.6. The second-order valence-electron chi connectivity index (χ2n) is 17.1. The van der Waals surface area contributed by atoms with Gasteiger partial charge in [0.15, 0.2) is 0 Å². The first-order valence-corrected chi connectivity index (χ1v) is 23.9. The Morgan fingerprint density at radius 3 is 1.57 bits per heavy atom. The summed E-state index contributed by atoms with van der Waals surface area (Å²) >= 11 is 0. The Bertz CT molecular complexity index is 2090. The number of unbranched alkanes of at least 4 members (excludes halogenated alkanes) is 4. The Morgan fingerprint density at radius 1 is 0.600 bits per heavy atom. The quantitative estimate of drug-likeness (QED) is 0.0370. The molecule has 0 bridgehead atoms. The van der Waals surface area contributed by atoms with Crippen LogP contribution in [-0.4, -0.2) is 48.1 Å². The average Bonchev–Trinajstić information content (AvgIpc) is 3.32. The summed E-state index contributed by atoms with van der Waals surface area (Å²) in [4.78, 5) is 33.5. The topological polar surface area (TPSA) is 102 Å². The number of rotatable bonds is 26. The van der Waals surface area contributed by atoms with Gasteiger partial charge in [-0.15, -0.1) is 0 Å². The van der Waals surface area contributed by atoms with Crippen LogP contribution in [0.1, 0.15) is 148 Å². The van der Waals surface area contributed by atoms with Gasteiger partial charge in [-0.1, -0.05) is 88.1 Å². The van der Waals surface area contributed by atoms with Crippen LogP contribution in [0.2, 0.25) is 0 Å². The van der Waals surface area contributed by atoms with Crippen LogP contribution in [0.25, 0.3) is 11.1 Å². The van der Waals surface area contributed by atoms with E-state index in [4.69, 9.17) is 9.47 Å². The van der Waals surface area contributed by atoms with Gasteiger partial charge < -0.3 is 20.1 Å². The molecule has 0 saturated heterocycles. The van der Waals surface area contributed by atoms with E-state index in [1.807, 2.05) is 67.9 Å². The molecule has 0 saturated carbocycles. The lowest BCUT2D eigenvalue weighted by Crippen LogP contribution is -2.33. The van der Waals surface area contributed by atoms with Crippen molar-refractivity contribution in [3.8, 4) is 11.5 Å². The van der Waals surface area contributed by atoms with E-state index in [0.717, 1.165) is 98.8 Å². The van der Waals surface area contributed by atoms with E-state index in [1.54, 1.807) is 32.7 Å². The molecule has 0 aliphatic rings. The van der Waals surface area contributed by atoms with Gasteiger partial charge in [0.05, 0.1) is 14.2 Å². The largest absolute Gasteiger partial charge is 0.497 e. The van der Waals surface area contributed by atoms with E-state index in [2.05, 4.69) is 98.5 Å². The van der Waals surface area contributed by atoms with E-state index >= 15 is 0 Å². The van der Waals surface area contributed by atoms with Crippen molar-refractivity contribution < 1.29 is 19.1 Å². The van der Waals surface area contributed by atoms with Crippen LogP contribution in [0.3, 0.4) is 0 Å². The van der Waals surface area contributed by atoms with Gasteiger partial charge in [0.2, 0.25) is 11.8 Å². The van der Waals surface area contributed by atoms with Gasteiger partial charge in [-0.3, -0.25) is 19.6 Å². The van der Waals surface area contributed by atoms with E-state index in [0.29, 0.717) is 0 Å². The fourth-order valence-corrected chi connectivity index (χ4v) is 7.67. The van der Waals surface area contributed by atoms with Crippen molar-refractivity contribution in [2.75, 3.05) is 14.2 Å². The summed E-state index contributed by atoms with van der Waals surface area (Å²) in [5, 5.41) is 6.24. The molecule has 2 heterocycles. The molecule has 350 valence electrons. The van der Waals surface area contributed by atoms with Crippen molar-refractivity contribution in [2.24, 2.45) is 0 Å². The second kappa shape index (κ2) is 31.2. The monoisotopic (exact) mass is 883 g/mol. The molecule has 2 aromatic heterocycles. The number of nitrogens with one attached hydrogen (secondary N) is 2. The number of allylic oxidation sites excluding steroid dienone is 6. The Hall–Kier alpha value is -5.76. The molecule has 0 fully saturated rings. The molecule has 4 aromatic rings. The Balaban J connectivity index is 0.000000347. The molecular formula is C57H78N4O4. The molecule has 8 nitrogen and oxygen atoms in total. The first-order valence-electron chi connectivity index (χ1n) is 23.9. The number of hydrogen-bond donors (Lipinski definition) is 2. The van der Waals surface area contributed by atoms with Crippen LogP contribution in [-0.2, 0) is 22.4 Å². The van der Waals surface area contributed by atoms with Crippen molar-refractivity contribution in [1.29, 1.82) is 0 Å². The molecule has 4 rings (SSSR count). The standard InChI is InChI=1S/C30H42N2O2.C27H36N2O2/c1-6-7-8-9-15-29(27-16-18-28(34-5)19-17-27)23(2)21-24(3)30(33)32-25(4)12-10-13-26-14-11-20-31-22-26;1-5-6-12-26(24-14-16-25(31-4)17-15-24)21(2)13-18-27(30)29-22(3)9-7-10-23-11-8-19-28-20-23/h11,14,16-22,25H,6-10,12-13,15H2,1-5H3,(H,32,33);8,11,13-20,22H,5-7,9-10,12H2,1-4H3,(H,29,30)/b24-21+,29-23+;18-13+,26-21+/t25-;22-/m11/s1. The van der Waals surface area contributed by atoms with E-state index in [9.17, 15) is 9.59 Å². The normalized spacial score (nSPS) is 13.2. The van der Waals surface area contributed by atoms with Crippen LogP contribution < -0.4 is 20.1 Å². The molecule has 2 atom stereocenters. The molecule has 0 spiro atoms. The molecular weight excluding hydrogens is 805 g/mol. The maximum Gasteiger partial charge on any atom is 0.247 e. The molecule has 8 heteroatoms. The molecule has 65 heavy (non-hydrogen) atoms. The van der Waals surface area contributed by atoms with E-state index in [1.165, 1.54) is 52.7 Å². The first kappa shape index (κ1) is 53.6. The number of aromatic nitrogens is 2. The third-order valence-electron chi connectivity index (χ3n) is 11.6. The average molecular weight is 883 g/mol. The minimum absolute atomic E-state index is 0.00768. The number of aryl methyl sites for hydroxylation is 2. The molecule has 2 N–H and O–H groups in total. The van der Waals surface area contributed by atoms with Gasteiger partial charge >= 0.3 is 0 Å². The molecule has 0 aliphatic carbocycles. The summed E-state index contributed by atoms with van der Waals surface area (Å²) in [6, 6.07) is 24.8. The fourth-order valence-electron chi connectivity index (χ4n) is 7.67. The van der Waals surface area contributed by atoms with Gasteiger partial charge in [0, 0.05) is 48.5 Å². The van der Waals surface area contributed by atoms with Crippen LogP contribution in [0, 0.1) is 0 Å². The Morgan fingerprint density at radius 2 is 1.09 bits per heavy atom. The van der Waals surface area contributed by atoms with Gasteiger partial charge in [-0.25, -0.2) is 0 Å². The maximum atomic E-state index is 12.8. The summed E-state index contributed by atoms with van der Waals surface area (Å²) in [6.07, 6.45) is 28.0. The number of nitrogens with zero attached hydrogens (tertiary/aromatic N) is 2. The van der Waals surface area contributed by atoms with Crippen molar-refractivity contribution in [2.45, 2.75) is 150 Å². The SMILES string of the molecule is CCCC/C(=C(C)\C=C\C(=O)N[C@H](C)CCCc1cccnc1)c1ccc(OC)cc1.CCCCCC/C(=C(C)\C=C(/C)C(=O)N[C@H](C)CCCc1cccnc1)c1ccc(OC)cc1. The summed E-state index contributed by atoms with van der Waals surface area (Å²) in [6.45, 7) is 14.7. The highest BCUT2D eigenvalue weighted by molar-refractivity contribution is 5.94. The highest BCUT2D eigenvalue weighted by Gasteiger charge is 2.12. The summed E-state index contributed by atoms with van der Waals surface area (Å²) in [7, 11) is 3.36. The summed E-state index contributed by atoms with van der Waals surface area (Å²) in [5.74, 6) is 1.67. The van der Waals surface area contributed by atoms with Crippen LogP contribution in [0.4, 0.5) is 0 Å². The number of pyridine rings is 2. The lowest BCUT2D eigenvalue weighted by atomic mass is 9.94. The maximum absolute atomic E-state index is 12.8. The van der Waals surface area contributed by atoms with Crippen molar-refractivity contribution in [3.63, 3.8) is 0 Å². The lowest BCUT2D eigenvalue weighted by Gasteiger charge is -2.15. The molecule has 0 unspecified atom stereocenters. The number of carbonyl (C=O) groups is 2. The summed E-state index contributed by atoms with van der Waals surface area (Å²) in [5.41, 5.74) is 10.5. The van der Waals surface area contributed by atoms with E-state index in [-0.39, 0.29) is 23.9 Å². The van der Waals surface area contributed by atoms with Crippen LogP contribution in [0.15, 0.2) is 133 Å². The first-order chi connectivity index (χ1) is 31.5. The van der Waals surface area contributed by atoms with Crippen molar-refractivity contribution in [3.05, 3.63) is 155 Å². The Labute approximate surface area is 392 Å². The predicted octanol–water partition coefficient (Wildman–Crippen LogP) is 13.4. The third kappa shape index (κ3) is 21.2. The van der Waals surface area contributed by atoms with Gasteiger partial charge in [-0.2, -0.15) is 0 Å². The number of ether oxygens (including phenoxy) is 2. The second-order valence-corrected chi connectivity index (χ2v) is 17.1.